The van der Waals surface area contributed by atoms with Gasteiger partial charge in [-0.05, 0) is 36.2 Å². The highest BCUT2D eigenvalue weighted by atomic mass is 35.5. The van der Waals surface area contributed by atoms with E-state index in [0.29, 0.717) is 60.8 Å². The highest BCUT2D eigenvalue weighted by molar-refractivity contribution is 6.32. The van der Waals surface area contributed by atoms with E-state index in [-0.39, 0.29) is 12.3 Å². The maximum atomic E-state index is 12.1. The monoisotopic (exact) mass is 414 g/mol. The fourth-order valence-electron chi connectivity index (χ4n) is 2.94. The molecule has 1 aromatic carbocycles. The number of pyridine rings is 1. The van der Waals surface area contributed by atoms with E-state index in [9.17, 15) is 4.79 Å². The van der Waals surface area contributed by atoms with Crippen LogP contribution in [0, 0.1) is 0 Å². The summed E-state index contributed by atoms with van der Waals surface area (Å²) < 4.78 is 16.3. The van der Waals surface area contributed by atoms with Crippen LogP contribution >= 0.6 is 11.6 Å². The van der Waals surface area contributed by atoms with Crippen molar-refractivity contribution >= 4 is 17.5 Å². The summed E-state index contributed by atoms with van der Waals surface area (Å²) in [6, 6.07) is 7.32. The number of carbonyl (C=O) groups is 1. The highest BCUT2D eigenvalue weighted by Gasteiger charge is 2.16. The van der Waals surface area contributed by atoms with Gasteiger partial charge in [-0.3, -0.25) is 9.78 Å². The first kappa shape index (κ1) is 19.2. The summed E-state index contributed by atoms with van der Waals surface area (Å²) in [4.78, 5) is 20.4. The molecule has 150 valence electrons. The zero-order chi connectivity index (χ0) is 20.1. The molecule has 0 saturated carbocycles. The van der Waals surface area contributed by atoms with Crippen LogP contribution in [0.1, 0.15) is 17.9 Å². The highest BCUT2D eigenvalue weighted by Crippen LogP contribution is 2.38. The van der Waals surface area contributed by atoms with Gasteiger partial charge in [0.25, 0.3) is 0 Å². The smallest absolute Gasteiger partial charge is 0.227 e. The summed E-state index contributed by atoms with van der Waals surface area (Å²) in [6.07, 6.45) is 4.59. The Labute approximate surface area is 172 Å². The number of ether oxygens (including phenoxy) is 2. The molecule has 2 aromatic heterocycles. The van der Waals surface area contributed by atoms with Crippen molar-refractivity contribution in [2.75, 3.05) is 19.8 Å². The average Bonchev–Trinajstić information content (AvgIpc) is 3.22. The van der Waals surface area contributed by atoms with E-state index in [1.165, 1.54) is 0 Å². The van der Waals surface area contributed by atoms with Crippen LogP contribution in [-0.4, -0.2) is 40.8 Å². The van der Waals surface area contributed by atoms with Crippen molar-refractivity contribution in [3.05, 3.63) is 53.1 Å². The molecule has 1 amide bonds. The summed E-state index contributed by atoms with van der Waals surface area (Å²) in [5.74, 6) is 2.05. The van der Waals surface area contributed by atoms with Crippen LogP contribution in [0.3, 0.4) is 0 Å². The zero-order valence-corrected chi connectivity index (χ0v) is 16.3. The number of nitrogens with zero attached hydrogens (tertiary/aromatic N) is 3. The van der Waals surface area contributed by atoms with Crippen LogP contribution in [0.25, 0.3) is 11.4 Å². The van der Waals surface area contributed by atoms with Crippen molar-refractivity contribution in [3.63, 3.8) is 0 Å². The van der Waals surface area contributed by atoms with Crippen molar-refractivity contribution in [1.82, 2.24) is 20.4 Å². The van der Waals surface area contributed by atoms with Crippen LogP contribution in [-0.2, 0) is 17.6 Å². The molecule has 0 spiro atoms. The molecule has 0 saturated heterocycles. The Morgan fingerprint density at radius 3 is 2.83 bits per heavy atom. The van der Waals surface area contributed by atoms with Gasteiger partial charge in [0.05, 0.1) is 5.02 Å². The minimum Gasteiger partial charge on any atom is -0.486 e. The average molecular weight is 415 g/mol. The summed E-state index contributed by atoms with van der Waals surface area (Å²) in [5, 5.41) is 7.34. The van der Waals surface area contributed by atoms with Crippen molar-refractivity contribution in [2.45, 2.75) is 19.3 Å². The number of hydrogen-bond donors (Lipinski definition) is 1. The van der Waals surface area contributed by atoms with Gasteiger partial charge in [-0.15, -0.1) is 0 Å². The lowest BCUT2D eigenvalue weighted by Crippen LogP contribution is -2.26. The molecule has 3 aromatic rings. The Balaban J connectivity index is 1.24. The molecule has 0 radical (unpaired) electrons. The molecule has 8 nitrogen and oxygen atoms in total. The summed E-state index contributed by atoms with van der Waals surface area (Å²) in [6.45, 7) is 1.48. The number of hydrogen-bond acceptors (Lipinski definition) is 7. The molecule has 4 rings (SSSR count). The molecular formula is C20H19ClN4O4. The third kappa shape index (κ3) is 4.83. The van der Waals surface area contributed by atoms with Crippen LogP contribution < -0.4 is 14.8 Å². The molecule has 0 fully saturated rings. The van der Waals surface area contributed by atoms with Crippen LogP contribution in [0.5, 0.6) is 11.5 Å². The van der Waals surface area contributed by atoms with Gasteiger partial charge in [-0.25, -0.2) is 0 Å². The number of rotatable bonds is 7. The van der Waals surface area contributed by atoms with E-state index >= 15 is 0 Å². The lowest BCUT2D eigenvalue weighted by molar-refractivity contribution is -0.121. The molecule has 0 atom stereocenters. The minimum absolute atomic E-state index is 0.0858. The SMILES string of the molecule is O=C(CCc1nc(-c2ccncc2)no1)NCCc1cc(Cl)c2c(c1)OCCO2. The lowest BCUT2D eigenvalue weighted by Gasteiger charge is -2.20. The maximum absolute atomic E-state index is 12.1. The molecule has 1 aliphatic rings. The number of aryl methyl sites for hydroxylation is 1. The first-order chi connectivity index (χ1) is 14.2. The van der Waals surface area contributed by atoms with Gasteiger partial charge in [0.15, 0.2) is 11.5 Å². The second-order valence-electron chi connectivity index (χ2n) is 6.45. The standard InChI is InChI=1S/C20H19ClN4O4/c21-15-11-13(12-16-19(15)28-10-9-27-16)3-8-23-17(26)1-2-18-24-20(25-29-18)14-4-6-22-7-5-14/h4-7,11-12H,1-3,8-10H2,(H,23,26). The fourth-order valence-corrected chi connectivity index (χ4v) is 3.23. The molecular weight excluding hydrogens is 396 g/mol. The second kappa shape index (κ2) is 8.91. The Bertz CT molecular complexity index is 993. The molecule has 0 unspecified atom stereocenters. The van der Waals surface area contributed by atoms with Crippen LogP contribution in [0.15, 0.2) is 41.2 Å². The summed E-state index contributed by atoms with van der Waals surface area (Å²) in [7, 11) is 0. The number of aromatic nitrogens is 3. The molecule has 1 N–H and O–H groups in total. The van der Waals surface area contributed by atoms with Gasteiger partial charge in [-0.2, -0.15) is 4.98 Å². The minimum atomic E-state index is -0.0858. The van der Waals surface area contributed by atoms with E-state index in [1.54, 1.807) is 24.5 Å². The fraction of sp³-hybridized carbons (Fsp3) is 0.300. The number of amides is 1. The van der Waals surface area contributed by atoms with E-state index in [4.69, 9.17) is 25.6 Å². The predicted octanol–water partition coefficient (Wildman–Crippen LogP) is 2.85. The Morgan fingerprint density at radius 2 is 1.97 bits per heavy atom. The van der Waals surface area contributed by atoms with Gasteiger partial charge >= 0.3 is 0 Å². The first-order valence-corrected chi connectivity index (χ1v) is 9.64. The third-order valence-corrected chi connectivity index (χ3v) is 4.65. The molecule has 29 heavy (non-hydrogen) atoms. The number of benzene rings is 1. The van der Waals surface area contributed by atoms with Gasteiger partial charge in [0.1, 0.15) is 13.2 Å². The van der Waals surface area contributed by atoms with E-state index < -0.39 is 0 Å². The Hall–Kier alpha value is -3.13. The Morgan fingerprint density at radius 1 is 1.14 bits per heavy atom. The van der Waals surface area contributed by atoms with Crippen molar-refractivity contribution < 1.29 is 18.8 Å². The van der Waals surface area contributed by atoms with E-state index in [1.807, 2.05) is 12.1 Å². The lowest BCUT2D eigenvalue weighted by atomic mass is 10.1. The van der Waals surface area contributed by atoms with Gasteiger partial charge in [-0.1, -0.05) is 16.8 Å². The first-order valence-electron chi connectivity index (χ1n) is 9.27. The number of nitrogens with one attached hydrogen (secondary N) is 1. The second-order valence-corrected chi connectivity index (χ2v) is 6.86. The molecule has 3 heterocycles. The number of carbonyl (C=O) groups excluding carboxylic acids is 1. The van der Waals surface area contributed by atoms with Crippen molar-refractivity contribution in [1.29, 1.82) is 0 Å². The summed E-state index contributed by atoms with van der Waals surface area (Å²) in [5.41, 5.74) is 1.79. The number of halogens is 1. The largest absolute Gasteiger partial charge is 0.486 e. The van der Waals surface area contributed by atoms with E-state index in [0.717, 1.165) is 11.1 Å². The maximum Gasteiger partial charge on any atom is 0.227 e. The number of fused-ring (bicyclic) bond motifs is 1. The van der Waals surface area contributed by atoms with Gasteiger partial charge in [0, 0.05) is 37.3 Å². The summed E-state index contributed by atoms with van der Waals surface area (Å²) >= 11 is 6.23. The molecule has 0 bridgehead atoms. The molecule has 1 aliphatic heterocycles. The normalized spacial score (nSPS) is 12.6. The van der Waals surface area contributed by atoms with Crippen LogP contribution in [0.4, 0.5) is 0 Å². The molecule has 9 heteroatoms. The molecule has 0 aliphatic carbocycles. The topological polar surface area (TPSA) is 99.4 Å². The zero-order valence-electron chi connectivity index (χ0n) is 15.6. The predicted molar refractivity (Wildman–Crippen MR) is 105 cm³/mol. The van der Waals surface area contributed by atoms with Crippen LogP contribution in [0.2, 0.25) is 5.02 Å². The quantitative estimate of drug-likeness (QED) is 0.634. The van der Waals surface area contributed by atoms with Crippen molar-refractivity contribution in [2.24, 2.45) is 0 Å². The van der Waals surface area contributed by atoms with Crippen molar-refractivity contribution in [3.8, 4) is 22.9 Å². The van der Waals surface area contributed by atoms with Gasteiger partial charge in [0.2, 0.25) is 17.6 Å². The third-order valence-electron chi connectivity index (χ3n) is 4.36. The van der Waals surface area contributed by atoms with E-state index in [2.05, 4.69) is 20.4 Å². The van der Waals surface area contributed by atoms with Gasteiger partial charge < -0.3 is 19.3 Å². The Kier molecular flexibility index (Phi) is 5.90.